The topological polar surface area (TPSA) is 96.0 Å². The Bertz CT molecular complexity index is 1510. The van der Waals surface area contributed by atoms with E-state index in [2.05, 4.69) is 5.32 Å². The van der Waals surface area contributed by atoms with Crippen LogP contribution in [0.15, 0.2) is 71.6 Å². The van der Waals surface area contributed by atoms with Gasteiger partial charge in [0.1, 0.15) is 18.3 Å². The van der Waals surface area contributed by atoms with Crippen molar-refractivity contribution in [3.8, 4) is 5.75 Å². The number of halogens is 2. The Morgan fingerprint density at radius 3 is 2.20 bits per heavy atom. The van der Waals surface area contributed by atoms with Gasteiger partial charge in [-0.3, -0.25) is 13.9 Å². The normalized spacial score (nSPS) is 12.4. The van der Waals surface area contributed by atoms with Crippen LogP contribution in [-0.4, -0.2) is 50.4 Å². The lowest BCUT2D eigenvalue weighted by Crippen LogP contribution is -2.54. The van der Waals surface area contributed by atoms with Gasteiger partial charge in [-0.25, -0.2) is 8.42 Å². The van der Waals surface area contributed by atoms with Crippen LogP contribution in [0.5, 0.6) is 5.75 Å². The van der Waals surface area contributed by atoms with Gasteiger partial charge in [0.25, 0.3) is 10.0 Å². The number of hydrogen-bond donors (Lipinski definition) is 1. The smallest absolute Gasteiger partial charge is 0.264 e. The summed E-state index contributed by atoms with van der Waals surface area (Å²) in [5.74, 6) is -0.726. The highest BCUT2D eigenvalue weighted by molar-refractivity contribution is 7.92. The van der Waals surface area contributed by atoms with E-state index in [1.54, 1.807) is 61.5 Å². The molecule has 0 saturated heterocycles. The largest absolute Gasteiger partial charge is 0.495 e. The molecule has 0 heterocycles. The van der Waals surface area contributed by atoms with Crippen molar-refractivity contribution in [1.82, 2.24) is 10.2 Å². The van der Waals surface area contributed by atoms with Crippen molar-refractivity contribution in [1.29, 1.82) is 0 Å². The molecule has 3 rings (SSSR count). The van der Waals surface area contributed by atoms with Gasteiger partial charge in [-0.15, -0.1) is 0 Å². The summed E-state index contributed by atoms with van der Waals surface area (Å²) in [6, 6.07) is 16.9. The second-order valence-electron chi connectivity index (χ2n) is 10.7. The van der Waals surface area contributed by atoms with Gasteiger partial charge < -0.3 is 15.0 Å². The third kappa shape index (κ3) is 8.15. The molecule has 3 aromatic rings. The number of carbonyl (C=O) groups is 2. The third-order valence-electron chi connectivity index (χ3n) is 6.24. The number of hydrogen-bond acceptors (Lipinski definition) is 5. The zero-order valence-corrected chi connectivity index (χ0v) is 26.3. The number of benzene rings is 3. The van der Waals surface area contributed by atoms with Crippen LogP contribution in [0, 0.1) is 6.92 Å². The summed E-state index contributed by atoms with van der Waals surface area (Å²) in [7, 11) is -2.80. The monoisotopic (exact) mass is 619 g/mol. The summed E-state index contributed by atoms with van der Waals surface area (Å²) in [5, 5.41) is 3.53. The molecular formula is C30H35Cl2N3O5S. The number of carbonyl (C=O) groups excluding carboxylic acids is 2. The SMILES string of the molecule is COc1ccccc1N(CC(=O)N(Cc1ccc(Cl)c(Cl)c1)[C@@H](C)C(=O)NC(C)(C)C)S(=O)(=O)c1ccc(C)cc1. The van der Waals surface area contributed by atoms with E-state index in [1.807, 2.05) is 27.7 Å². The zero-order chi connectivity index (χ0) is 30.5. The molecule has 11 heteroatoms. The lowest BCUT2D eigenvalue weighted by molar-refractivity contribution is -0.140. The van der Waals surface area contributed by atoms with Crippen molar-refractivity contribution in [2.75, 3.05) is 18.0 Å². The molecule has 0 bridgehead atoms. The second kappa shape index (κ2) is 13.1. The van der Waals surface area contributed by atoms with Gasteiger partial charge >= 0.3 is 0 Å². The van der Waals surface area contributed by atoms with Crippen molar-refractivity contribution in [2.24, 2.45) is 0 Å². The average molecular weight is 621 g/mol. The summed E-state index contributed by atoms with van der Waals surface area (Å²) in [6.45, 7) is 8.34. The number of amides is 2. The first-order valence-electron chi connectivity index (χ1n) is 12.9. The fraction of sp³-hybridized carbons (Fsp3) is 0.333. The Morgan fingerprint density at radius 2 is 1.61 bits per heavy atom. The zero-order valence-electron chi connectivity index (χ0n) is 23.9. The number of para-hydroxylation sites is 2. The van der Waals surface area contributed by atoms with Crippen molar-refractivity contribution in [2.45, 2.75) is 57.6 Å². The van der Waals surface area contributed by atoms with Crippen LogP contribution in [0.2, 0.25) is 10.0 Å². The Hall–Kier alpha value is -3.27. The first-order valence-corrected chi connectivity index (χ1v) is 15.1. The van der Waals surface area contributed by atoms with Gasteiger partial charge in [0.05, 0.1) is 27.7 Å². The minimum Gasteiger partial charge on any atom is -0.495 e. The van der Waals surface area contributed by atoms with Gasteiger partial charge in [0.15, 0.2) is 0 Å². The fourth-order valence-corrected chi connectivity index (χ4v) is 5.82. The van der Waals surface area contributed by atoms with Gasteiger partial charge in [-0.1, -0.05) is 59.1 Å². The molecule has 1 N–H and O–H groups in total. The molecule has 0 spiro atoms. The fourth-order valence-electron chi connectivity index (χ4n) is 4.08. The van der Waals surface area contributed by atoms with Crippen molar-refractivity contribution in [3.05, 3.63) is 87.9 Å². The van der Waals surface area contributed by atoms with Crippen LogP contribution in [0.25, 0.3) is 0 Å². The van der Waals surface area contributed by atoms with E-state index >= 15 is 0 Å². The number of methoxy groups -OCH3 is 1. The molecular weight excluding hydrogens is 585 g/mol. The van der Waals surface area contributed by atoms with E-state index in [0.29, 0.717) is 15.6 Å². The van der Waals surface area contributed by atoms with Gasteiger partial charge in [-0.2, -0.15) is 0 Å². The number of anilines is 1. The standard InChI is InChI=1S/C30H35Cl2N3O5S/c1-20-11-14-23(15-12-20)41(38,39)35(26-9-7-8-10-27(26)40-6)19-28(36)34(21(2)29(37)33-30(3,4)5)18-22-13-16-24(31)25(32)17-22/h7-17,21H,18-19H2,1-6H3,(H,33,37)/t21-/m0/s1. The molecule has 0 radical (unpaired) electrons. The highest BCUT2D eigenvalue weighted by atomic mass is 35.5. The molecule has 0 aliphatic carbocycles. The van der Waals surface area contributed by atoms with Gasteiger partial charge in [0.2, 0.25) is 11.8 Å². The van der Waals surface area contributed by atoms with Gasteiger partial charge in [0, 0.05) is 12.1 Å². The number of sulfonamides is 1. The van der Waals surface area contributed by atoms with E-state index in [1.165, 1.54) is 24.1 Å². The van der Waals surface area contributed by atoms with E-state index in [4.69, 9.17) is 27.9 Å². The van der Waals surface area contributed by atoms with Crippen LogP contribution in [0.4, 0.5) is 5.69 Å². The molecule has 0 fully saturated rings. The maximum atomic E-state index is 14.1. The predicted octanol–water partition coefficient (Wildman–Crippen LogP) is 5.84. The Morgan fingerprint density at radius 1 is 0.976 bits per heavy atom. The number of rotatable bonds is 10. The Kier molecular flexibility index (Phi) is 10.3. The first kappa shape index (κ1) is 32.2. The third-order valence-corrected chi connectivity index (χ3v) is 8.76. The molecule has 1 atom stereocenters. The lowest BCUT2D eigenvalue weighted by atomic mass is 10.1. The maximum absolute atomic E-state index is 14.1. The second-order valence-corrected chi connectivity index (χ2v) is 13.4. The highest BCUT2D eigenvalue weighted by Crippen LogP contribution is 2.33. The first-order chi connectivity index (χ1) is 19.1. The molecule has 0 aromatic heterocycles. The molecule has 8 nitrogen and oxygen atoms in total. The van der Waals surface area contributed by atoms with Crippen LogP contribution >= 0.6 is 23.2 Å². The molecule has 41 heavy (non-hydrogen) atoms. The van der Waals surface area contributed by atoms with E-state index in [0.717, 1.165) is 9.87 Å². The molecule has 3 aromatic carbocycles. The summed E-state index contributed by atoms with van der Waals surface area (Å²) < 4.78 is 34.4. The minimum atomic E-state index is -4.23. The molecule has 2 amide bonds. The van der Waals surface area contributed by atoms with Crippen LogP contribution in [0.3, 0.4) is 0 Å². The van der Waals surface area contributed by atoms with Crippen LogP contribution in [-0.2, 0) is 26.2 Å². The quantitative estimate of drug-likeness (QED) is 0.308. The van der Waals surface area contributed by atoms with E-state index in [9.17, 15) is 18.0 Å². The van der Waals surface area contributed by atoms with Crippen LogP contribution < -0.4 is 14.4 Å². The van der Waals surface area contributed by atoms with E-state index < -0.39 is 40.0 Å². The molecule has 0 aliphatic heterocycles. The van der Waals surface area contributed by atoms with Crippen molar-refractivity contribution in [3.63, 3.8) is 0 Å². The van der Waals surface area contributed by atoms with E-state index in [-0.39, 0.29) is 22.9 Å². The Balaban J connectivity index is 2.09. The number of ether oxygens (including phenoxy) is 1. The number of nitrogens with zero attached hydrogens (tertiary/aromatic N) is 2. The Labute approximate surface area is 252 Å². The summed E-state index contributed by atoms with van der Waals surface area (Å²) >= 11 is 12.3. The number of aryl methyl sites for hydroxylation is 1. The van der Waals surface area contributed by atoms with Crippen molar-refractivity contribution < 1.29 is 22.7 Å². The average Bonchev–Trinajstić information content (AvgIpc) is 2.91. The lowest BCUT2D eigenvalue weighted by Gasteiger charge is -2.33. The highest BCUT2D eigenvalue weighted by Gasteiger charge is 2.34. The maximum Gasteiger partial charge on any atom is 0.264 e. The molecule has 0 aliphatic rings. The minimum absolute atomic E-state index is 0.0105. The van der Waals surface area contributed by atoms with Gasteiger partial charge in [-0.05, 0) is 76.6 Å². The number of nitrogens with one attached hydrogen (secondary N) is 1. The summed E-state index contributed by atoms with van der Waals surface area (Å²) in [6.07, 6.45) is 0. The molecule has 0 saturated carbocycles. The van der Waals surface area contributed by atoms with Crippen LogP contribution in [0.1, 0.15) is 38.8 Å². The summed E-state index contributed by atoms with van der Waals surface area (Å²) in [5.41, 5.74) is 1.14. The molecule has 220 valence electrons. The summed E-state index contributed by atoms with van der Waals surface area (Å²) in [4.78, 5) is 28.6. The van der Waals surface area contributed by atoms with Crippen molar-refractivity contribution >= 4 is 50.7 Å². The molecule has 0 unspecified atom stereocenters. The predicted molar refractivity (Wildman–Crippen MR) is 163 cm³/mol.